The number of alkyl halides is 3. The Labute approximate surface area is 199 Å². The number of benzene rings is 2. The van der Waals surface area contributed by atoms with Gasteiger partial charge < -0.3 is 4.74 Å². The van der Waals surface area contributed by atoms with Crippen LogP contribution in [-0.2, 0) is 11.0 Å². The topological polar surface area (TPSA) is 29.5 Å². The van der Waals surface area contributed by atoms with Crippen molar-refractivity contribution in [2.45, 2.75) is 56.7 Å². The number of hydrogen-bond donors (Lipinski definition) is 0. The molecule has 1 unspecified atom stereocenters. The predicted octanol–water partition coefficient (Wildman–Crippen LogP) is 6.34. The minimum absolute atomic E-state index is 0.186. The van der Waals surface area contributed by atoms with Crippen LogP contribution < -0.4 is 4.74 Å². The standard InChI is InChI=1S/C28H32F3NO2/c29-28(30,31)21-8-4-9-23(16-21)34-15-5-10-26(33)27-24-17-32(18-25(24)27)22-13-11-20(12-14-22)19-6-2-1-3-7-19/h1-4,6-9,16,20,22,24-25,27H,5,10-15,17-18H2/t20?,22?,24-,25+,27?. The minimum Gasteiger partial charge on any atom is -0.494 e. The van der Waals surface area contributed by atoms with Crippen LogP contribution >= 0.6 is 0 Å². The molecule has 2 aromatic rings. The molecule has 2 saturated carbocycles. The fourth-order valence-corrected chi connectivity index (χ4v) is 6.20. The number of nitrogens with zero attached hydrogens (tertiary/aromatic N) is 1. The molecule has 3 atom stereocenters. The zero-order valence-corrected chi connectivity index (χ0v) is 19.3. The number of carbonyl (C=O) groups excluding carboxylic acids is 1. The Morgan fingerprint density at radius 1 is 0.941 bits per heavy atom. The molecule has 2 aromatic carbocycles. The SMILES string of the molecule is O=C(CCCOc1cccc(C(F)(F)F)c1)C1[C@H]2CN(C3CCC(c4ccccc4)CC3)C[C@@H]12. The number of piperidine rings is 1. The van der Waals surface area contributed by atoms with Gasteiger partial charge in [0.25, 0.3) is 0 Å². The number of rotatable bonds is 8. The molecule has 182 valence electrons. The van der Waals surface area contributed by atoms with Gasteiger partial charge in [0.2, 0.25) is 0 Å². The van der Waals surface area contributed by atoms with Crippen LogP contribution in [0.25, 0.3) is 0 Å². The summed E-state index contributed by atoms with van der Waals surface area (Å²) in [6, 6.07) is 16.4. The van der Waals surface area contributed by atoms with Gasteiger partial charge in [-0.3, -0.25) is 9.69 Å². The average Bonchev–Trinajstić information content (AvgIpc) is 3.35. The Hall–Kier alpha value is -2.34. The van der Waals surface area contributed by atoms with Crippen LogP contribution in [-0.4, -0.2) is 36.4 Å². The van der Waals surface area contributed by atoms with Crippen molar-refractivity contribution in [1.29, 1.82) is 0 Å². The second kappa shape index (κ2) is 9.73. The van der Waals surface area contributed by atoms with E-state index < -0.39 is 11.7 Å². The largest absolute Gasteiger partial charge is 0.494 e. The molecule has 0 amide bonds. The lowest BCUT2D eigenvalue weighted by Gasteiger charge is -2.36. The van der Waals surface area contributed by atoms with Gasteiger partial charge in [-0.05, 0) is 73.6 Å². The quantitative estimate of drug-likeness (QED) is 0.421. The molecule has 3 nitrogen and oxygen atoms in total. The highest BCUT2D eigenvalue weighted by atomic mass is 19.4. The fourth-order valence-electron chi connectivity index (χ4n) is 6.20. The van der Waals surface area contributed by atoms with E-state index in [0.29, 0.717) is 42.4 Å². The van der Waals surface area contributed by atoms with Crippen LogP contribution in [0, 0.1) is 17.8 Å². The second-order valence-electron chi connectivity index (χ2n) is 10.2. The Balaban J connectivity index is 1.00. The van der Waals surface area contributed by atoms with E-state index in [9.17, 15) is 18.0 Å². The third kappa shape index (κ3) is 5.17. The van der Waals surface area contributed by atoms with Gasteiger partial charge in [-0.1, -0.05) is 36.4 Å². The highest BCUT2D eigenvalue weighted by molar-refractivity contribution is 5.84. The van der Waals surface area contributed by atoms with E-state index in [2.05, 4.69) is 35.2 Å². The molecule has 1 saturated heterocycles. The van der Waals surface area contributed by atoms with E-state index in [1.54, 1.807) is 0 Å². The highest BCUT2D eigenvalue weighted by Crippen LogP contribution is 2.54. The monoisotopic (exact) mass is 471 g/mol. The molecule has 3 aliphatic rings. The molecule has 0 radical (unpaired) electrons. The molecule has 2 aliphatic carbocycles. The van der Waals surface area contributed by atoms with E-state index >= 15 is 0 Å². The number of likely N-dealkylation sites (tertiary alicyclic amines) is 1. The minimum atomic E-state index is -4.38. The number of carbonyl (C=O) groups is 1. The maximum absolute atomic E-state index is 12.8. The zero-order valence-electron chi connectivity index (χ0n) is 19.3. The van der Waals surface area contributed by atoms with E-state index in [0.717, 1.165) is 25.2 Å². The molecule has 0 aromatic heterocycles. The molecule has 34 heavy (non-hydrogen) atoms. The average molecular weight is 472 g/mol. The van der Waals surface area contributed by atoms with Crippen molar-refractivity contribution in [2.75, 3.05) is 19.7 Å². The molecule has 0 N–H and O–H groups in total. The van der Waals surface area contributed by atoms with E-state index in [1.807, 2.05) is 0 Å². The Morgan fingerprint density at radius 2 is 1.65 bits per heavy atom. The molecule has 6 heteroatoms. The Morgan fingerprint density at radius 3 is 2.32 bits per heavy atom. The van der Waals surface area contributed by atoms with Crippen LogP contribution in [0.2, 0.25) is 0 Å². The van der Waals surface area contributed by atoms with Crippen LogP contribution in [0.4, 0.5) is 13.2 Å². The summed E-state index contributed by atoms with van der Waals surface area (Å²) >= 11 is 0. The lowest BCUT2D eigenvalue weighted by Crippen LogP contribution is -2.38. The van der Waals surface area contributed by atoms with Crippen molar-refractivity contribution < 1.29 is 22.7 Å². The van der Waals surface area contributed by atoms with Gasteiger partial charge in [0, 0.05) is 31.5 Å². The van der Waals surface area contributed by atoms with Gasteiger partial charge in [0.1, 0.15) is 11.5 Å². The number of ether oxygens (including phenoxy) is 1. The first kappa shape index (κ1) is 23.4. The predicted molar refractivity (Wildman–Crippen MR) is 125 cm³/mol. The van der Waals surface area contributed by atoms with Crippen molar-refractivity contribution >= 4 is 5.78 Å². The summed E-state index contributed by atoms with van der Waals surface area (Å²) in [5.74, 6) is 2.37. The summed E-state index contributed by atoms with van der Waals surface area (Å²) < 4.78 is 43.9. The molecule has 1 aliphatic heterocycles. The van der Waals surface area contributed by atoms with Crippen LogP contribution in [0.3, 0.4) is 0 Å². The summed E-state index contributed by atoms with van der Waals surface area (Å²) in [5, 5.41) is 0. The van der Waals surface area contributed by atoms with Crippen molar-refractivity contribution in [1.82, 2.24) is 4.90 Å². The number of Topliss-reactive ketones (excluding diaryl/α,β-unsaturated/α-hetero) is 1. The molecule has 0 bridgehead atoms. The Bertz CT molecular complexity index is 973. The number of fused-ring (bicyclic) bond motifs is 1. The number of ketones is 1. The van der Waals surface area contributed by atoms with Crippen LogP contribution in [0.15, 0.2) is 54.6 Å². The van der Waals surface area contributed by atoms with Crippen molar-refractivity contribution in [2.24, 2.45) is 17.8 Å². The van der Waals surface area contributed by atoms with E-state index in [4.69, 9.17) is 4.74 Å². The lowest BCUT2D eigenvalue weighted by atomic mass is 9.81. The lowest BCUT2D eigenvalue weighted by molar-refractivity contribution is -0.137. The molecular weight excluding hydrogens is 439 g/mol. The van der Waals surface area contributed by atoms with Gasteiger partial charge >= 0.3 is 6.18 Å². The molecular formula is C28H32F3NO2. The third-order valence-electron chi connectivity index (χ3n) is 8.08. The zero-order chi connectivity index (χ0) is 23.7. The fraction of sp³-hybridized carbons (Fsp3) is 0.536. The van der Waals surface area contributed by atoms with Gasteiger partial charge in [-0.15, -0.1) is 0 Å². The molecule has 3 fully saturated rings. The summed E-state index contributed by atoms with van der Waals surface area (Å²) in [7, 11) is 0. The summed E-state index contributed by atoms with van der Waals surface area (Å²) in [5.41, 5.74) is 0.748. The summed E-state index contributed by atoms with van der Waals surface area (Å²) in [4.78, 5) is 15.3. The summed E-state index contributed by atoms with van der Waals surface area (Å²) in [6.07, 6.45) is 1.57. The van der Waals surface area contributed by atoms with E-state index in [-0.39, 0.29) is 18.3 Å². The second-order valence-corrected chi connectivity index (χ2v) is 10.2. The first-order chi connectivity index (χ1) is 16.4. The van der Waals surface area contributed by atoms with Gasteiger partial charge in [-0.25, -0.2) is 0 Å². The number of hydrogen-bond acceptors (Lipinski definition) is 3. The smallest absolute Gasteiger partial charge is 0.416 e. The van der Waals surface area contributed by atoms with Crippen molar-refractivity contribution in [3.05, 3.63) is 65.7 Å². The van der Waals surface area contributed by atoms with Crippen LogP contribution in [0.5, 0.6) is 5.75 Å². The van der Waals surface area contributed by atoms with Gasteiger partial charge in [-0.2, -0.15) is 13.2 Å². The molecule has 1 heterocycles. The summed E-state index contributed by atoms with van der Waals surface area (Å²) in [6.45, 7) is 2.34. The molecule has 5 rings (SSSR count). The molecule has 0 spiro atoms. The van der Waals surface area contributed by atoms with Crippen molar-refractivity contribution in [3.63, 3.8) is 0 Å². The van der Waals surface area contributed by atoms with E-state index in [1.165, 1.54) is 43.4 Å². The van der Waals surface area contributed by atoms with Gasteiger partial charge in [0.05, 0.1) is 12.2 Å². The first-order valence-electron chi connectivity index (χ1n) is 12.5. The first-order valence-corrected chi connectivity index (χ1v) is 12.5. The van der Waals surface area contributed by atoms with Gasteiger partial charge in [0.15, 0.2) is 0 Å². The third-order valence-corrected chi connectivity index (χ3v) is 8.08. The maximum Gasteiger partial charge on any atom is 0.416 e. The highest BCUT2D eigenvalue weighted by Gasteiger charge is 2.59. The maximum atomic E-state index is 12.8. The Kier molecular flexibility index (Phi) is 6.70. The van der Waals surface area contributed by atoms with Crippen LogP contribution in [0.1, 0.15) is 55.6 Å². The number of halogens is 3. The van der Waals surface area contributed by atoms with Crippen molar-refractivity contribution in [3.8, 4) is 5.75 Å². The normalized spacial score (nSPS) is 29.0.